The van der Waals surface area contributed by atoms with E-state index in [0.29, 0.717) is 18.9 Å². The Balaban J connectivity index is 1.94. The minimum Gasteiger partial charge on any atom is -0.497 e. The Morgan fingerprint density at radius 2 is 2.11 bits per heavy atom. The quantitative estimate of drug-likeness (QED) is 0.730. The van der Waals surface area contributed by atoms with Crippen LogP contribution in [0.25, 0.3) is 0 Å². The van der Waals surface area contributed by atoms with Gasteiger partial charge < -0.3 is 9.64 Å². The average molecular weight is 257 g/mol. The molecule has 1 aromatic rings. The van der Waals surface area contributed by atoms with E-state index in [1.54, 1.807) is 12.0 Å². The van der Waals surface area contributed by atoms with Gasteiger partial charge in [-0.25, -0.2) is 0 Å². The van der Waals surface area contributed by atoms with Crippen LogP contribution < -0.4 is 4.74 Å². The molecule has 0 N–H and O–H groups in total. The number of nitrogens with zero attached hydrogens (tertiary/aromatic N) is 1. The van der Waals surface area contributed by atoms with Crippen LogP contribution in [0.15, 0.2) is 24.3 Å². The molecule has 0 aliphatic heterocycles. The second kappa shape index (κ2) is 6.29. The molecule has 0 bridgehead atoms. The molecule has 0 radical (unpaired) electrons. The smallest absolute Gasteiger partial charge is 0.227 e. The average Bonchev–Trinajstić information content (AvgIpc) is 3.23. The number of carbonyl (C=O) groups is 1. The molecule has 2 rings (SSSR count). The number of amides is 1. The maximum atomic E-state index is 12.2. The summed E-state index contributed by atoms with van der Waals surface area (Å²) in [5.74, 6) is 4.14. The first kappa shape index (κ1) is 13.5. The zero-order valence-corrected chi connectivity index (χ0v) is 11.3. The number of carbonyl (C=O) groups excluding carboxylic acids is 1. The van der Waals surface area contributed by atoms with Crippen LogP contribution in [0.2, 0.25) is 0 Å². The lowest BCUT2D eigenvalue weighted by Crippen LogP contribution is -2.34. The second-order valence-electron chi connectivity index (χ2n) is 4.95. The van der Waals surface area contributed by atoms with E-state index in [4.69, 9.17) is 11.2 Å². The third-order valence-electron chi connectivity index (χ3n) is 3.32. The van der Waals surface area contributed by atoms with Crippen LogP contribution in [-0.4, -0.2) is 31.0 Å². The van der Waals surface area contributed by atoms with Gasteiger partial charge >= 0.3 is 0 Å². The summed E-state index contributed by atoms with van der Waals surface area (Å²) >= 11 is 0. The molecular weight excluding hydrogens is 238 g/mol. The number of benzene rings is 1. The highest BCUT2D eigenvalue weighted by molar-refractivity contribution is 5.79. The van der Waals surface area contributed by atoms with Gasteiger partial charge in [0.25, 0.3) is 0 Å². The van der Waals surface area contributed by atoms with Crippen LogP contribution in [0.4, 0.5) is 0 Å². The lowest BCUT2D eigenvalue weighted by atomic mass is 10.1. The third-order valence-corrected chi connectivity index (χ3v) is 3.32. The van der Waals surface area contributed by atoms with E-state index in [0.717, 1.165) is 17.9 Å². The molecule has 100 valence electrons. The fraction of sp³-hybridized carbons (Fsp3) is 0.438. The molecule has 0 saturated heterocycles. The molecule has 1 aliphatic rings. The largest absolute Gasteiger partial charge is 0.497 e. The van der Waals surface area contributed by atoms with Gasteiger partial charge in [0, 0.05) is 6.54 Å². The highest BCUT2D eigenvalue weighted by atomic mass is 16.5. The summed E-state index contributed by atoms with van der Waals surface area (Å²) < 4.78 is 5.10. The van der Waals surface area contributed by atoms with Crippen molar-refractivity contribution in [2.45, 2.75) is 19.3 Å². The third kappa shape index (κ3) is 4.03. The molecule has 0 aromatic heterocycles. The Morgan fingerprint density at radius 3 is 2.63 bits per heavy atom. The highest BCUT2D eigenvalue weighted by Crippen LogP contribution is 2.29. The van der Waals surface area contributed by atoms with E-state index in [1.807, 2.05) is 24.3 Å². The van der Waals surface area contributed by atoms with Gasteiger partial charge in [0.2, 0.25) is 5.91 Å². The van der Waals surface area contributed by atoms with Crippen LogP contribution in [0.5, 0.6) is 5.75 Å². The first-order chi connectivity index (χ1) is 9.22. The molecule has 1 saturated carbocycles. The van der Waals surface area contributed by atoms with E-state index in [1.165, 1.54) is 12.8 Å². The highest BCUT2D eigenvalue weighted by Gasteiger charge is 2.26. The Hall–Kier alpha value is -1.95. The molecule has 1 fully saturated rings. The minimum atomic E-state index is 0.106. The van der Waals surface area contributed by atoms with Gasteiger partial charge in [0.1, 0.15) is 5.75 Å². The standard InChI is InChI=1S/C16H19NO2/c1-3-10-17(12-14-4-5-14)16(18)11-13-6-8-15(19-2)9-7-13/h1,6-9,14H,4-5,10-12H2,2H3. The van der Waals surface area contributed by atoms with Crippen LogP contribution in [0, 0.1) is 18.3 Å². The lowest BCUT2D eigenvalue weighted by Gasteiger charge is -2.20. The fourth-order valence-corrected chi connectivity index (χ4v) is 2.01. The number of ether oxygens (including phenoxy) is 1. The van der Waals surface area contributed by atoms with E-state index >= 15 is 0 Å². The lowest BCUT2D eigenvalue weighted by molar-refractivity contribution is -0.130. The van der Waals surface area contributed by atoms with Gasteiger partial charge in [-0.1, -0.05) is 18.1 Å². The summed E-state index contributed by atoms with van der Waals surface area (Å²) in [7, 11) is 1.63. The predicted molar refractivity (Wildman–Crippen MR) is 74.8 cm³/mol. The van der Waals surface area contributed by atoms with Crippen molar-refractivity contribution in [3.05, 3.63) is 29.8 Å². The van der Waals surface area contributed by atoms with E-state index in [2.05, 4.69) is 5.92 Å². The van der Waals surface area contributed by atoms with E-state index < -0.39 is 0 Å². The maximum absolute atomic E-state index is 12.2. The Bertz CT molecular complexity index is 469. The van der Waals surface area contributed by atoms with E-state index in [9.17, 15) is 4.79 Å². The van der Waals surface area contributed by atoms with Crippen molar-refractivity contribution >= 4 is 5.91 Å². The summed E-state index contributed by atoms with van der Waals surface area (Å²) in [5.41, 5.74) is 0.989. The fourth-order valence-electron chi connectivity index (χ4n) is 2.01. The number of terminal acetylenes is 1. The van der Waals surface area contributed by atoms with Gasteiger partial charge in [0.05, 0.1) is 20.1 Å². The first-order valence-electron chi connectivity index (χ1n) is 6.57. The normalized spacial score (nSPS) is 13.7. The van der Waals surface area contributed by atoms with Crippen molar-refractivity contribution in [2.24, 2.45) is 5.92 Å². The SMILES string of the molecule is C#CCN(CC1CC1)C(=O)Cc1ccc(OC)cc1. The molecular formula is C16H19NO2. The number of methoxy groups -OCH3 is 1. The zero-order chi connectivity index (χ0) is 13.7. The number of hydrogen-bond acceptors (Lipinski definition) is 2. The van der Waals surface area contributed by atoms with Crippen molar-refractivity contribution in [2.75, 3.05) is 20.2 Å². The molecule has 1 amide bonds. The van der Waals surface area contributed by atoms with Gasteiger partial charge in [-0.15, -0.1) is 6.42 Å². The summed E-state index contributed by atoms with van der Waals surface area (Å²) in [6.07, 6.45) is 8.17. The second-order valence-corrected chi connectivity index (χ2v) is 4.95. The van der Waals surface area contributed by atoms with Gasteiger partial charge in [-0.2, -0.15) is 0 Å². The van der Waals surface area contributed by atoms with Crippen molar-refractivity contribution in [1.82, 2.24) is 4.90 Å². The molecule has 3 nitrogen and oxygen atoms in total. The van der Waals surface area contributed by atoms with Crippen molar-refractivity contribution in [3.63, 3.8) is 0 Å². The topological polar surface area (TPSA) is 29.5 Å². The molecule has 3 heteroatoms. The van der Waals surface area contributed by atoms with E-state index in [-0.39, 0.29) is 5.91 Å². The van der Waals surface area contributed by atoms with Crippen molar-refractivity contribution in [1.29, 1.82) is 0 Å². The monoisotopic (exact) mass is 257 g/mol. The van der Waals surface area contributed by atoms with Crippen molar-refractivity contribution in [3.8, 4) is 18.1 Å². The molecule has 0 atom stereocenters. The summed E-state index contributed by atoms with van der Waals surface area (Å²) in [4.78, 5) is 14.0. The number of rotatable bonds is 6. The molecule has 0 spiro atoms. The molecule has 19 heavy (non-hydrogen) atoms. The van der Waals surface area contributed by atoms with Crippen LogP contribution in [0.1, 0.15) is 18.4 Å². The summed E-state index contributed by atoms with van der Waals surface area (Å²) in [6, 6.07) is 7.58. The molecule has 1 aromatic carbocycles. The maximum Gasteiger partial charge on any atom is 0.227 e. The van der Waals surface area contributed by atoms with Gasteiger partial charge in [-0.3, -0.25) is 4.79 Å². The number of hydrogen-bond donors (Lipinski definition) is 0. The van der Waals surface area contributed by atoms with Gasteiger partial charge in [-0.05, 0) is 36.5 Å². The van der Waals surface area contributed by atoms with Gasteiger partial charge in [0.15, 0.2) is 0 Å². The molecule has 1 aliphatic carbocycles. The Morgan fingerprint density at radius 1 is 1.42 bits per heavy atom. The Labute approximate surface area is 114 Å². The first-order valence-corrected chi connectivity index (χ1v) is 6.57. The summed E-state index contributed by atoms with van der Waals surface area (Å²) in [6.45, 7) is 1.21. The molecule has 0 heterocycles. The Kier molecular flexibility index (Phi) is 4.46. The zero-order valence-electron chi connectivity index (χ0n) is 11.3. The van der Waals surface area contributed by atoms with Crippen LogP contribution in [-0.2, 0) is 11.2 Å². The summed E-state index contributed by atoms with van der Waals surface area (Å²) in [5, 5.41) is 0. The van der Waals surface area contributed by atoms with Crippen LogP contribution >= 0.6 is 0 Å². The van der Waals surface area contributed by atoms with Crippen LogP contribution in [0.3, 0.4) is 0 Å². The predicted octanol–water partition coefficient (Wildman–Crippen LogP) is 2.11. The van der Waals surface area contributed by atoms with Crippen molar-refractivity contribution < 1.29 is 9.53 Å². The minimum absolute atomic E-state index is 0.106. The molecule has 0 unspecified atom stereocenters.